The summed E-state index contributed by atoms with van der Waals surface area (Å²) in [5.74, 6) is -0.276. The molecule has 0 aliphatic heterocycles. The van der Waals surface area contributed by atoms with Gasteiger partial charge in [-0.1, -0.05) is 18.2 Å². The standard InChI is InChI=1S/C15H16F3N3O2/c1-20-8-7-19-12(20)9-21(2)14(23)13(22)10-5-3-4-6-11(10)15(16,17)18/h3-8,13,22H,9H2,1-2H3. The van der Waals surface area contributed by atoms with Gasteiger partial charge in [0.25, 0.3) is 5.91 Å². The number of rotatable bonds is 4. The number of carbonyl (C=O) groups is 1. The molecule has 0 bridgehead atoms. The number of carbonyl (C=O) groups excluding carboxylic acids is 1. The molecular weight excluding hydrogens is 311 g/mol. The number of aryl methyl sites for hydroxylation is 1. The molecule has 5 nitrogen and oxygen atoms in total. The number of nitrogens with zero attached hydrogens (tertiary/aromatic N) is 3. The molecule has 0 radical (unpaired) electrons. The van der Waals surface area contributed by atoms with Gasteiger partial charge in [-0.05, 0) is 6.07 Å². The summed E-state index contributed by atoms with van der Waals surface area (Å²) in [6.07, 6.45) is -3.31. The second-order valence-electron chi connectivity index (χ2n) is 5.14. The highest BCUT2D eigenvalue weighted by molar-refractivity contribution is 5.82. The minimum atomic E-state index is -4.64. The Balaban J connectivity index is 2.22. The predicted octanol–water partition coefficient (Wildman–Crippen LogP) is 2.13. The molecule has 1 amide bonds. The number of aliphatic hydroxyl groups is 1. The highest BCUT2D eigenvalue weighted by Crippen LogP contribution is 2.34. The highest BCUT2D eigenvalue weighted by atomic mass is 19.4. The Labute approximate surface area is 131 Å². The van der Waals surface area contributed by atoms with E-state index in [1.54, 1.807) is 24.0 Å². The van der Waals surface area contributed by atoms with Crippen LogP contribution in [0.3, 0.4) is 0 Å². The molecule has 1 N–H and O–H groups in total. The highest BCUT2D eigenvalue weighted by Gasteiger charge is 2.36. The fourth-order valence-electron chi connectivity index (χ4n) is 2.17. The fourth-order valence-corrected chi connectivity index (χ4v) is 2.17. The average Bonchev–Trinajstić information content (AvgIpc) is 2.90. The monoisotopic (exact) mass is 327 g/mol. The van der Waals surface area contributed by atoms with Crippen LogP contribution in [-0.4, -0.2) is 32.5 Å². The number of imidazole rings is 1. The zero-order valence-electron chi connectivity index (χ0n) is 12.6. The van der Waals surface area contributed by atoms with E-state index in [4.69, 9.17) is 0 Å². The largest absolute Gasteiger partial charge is 0.416 e. The van der Waals surface area contributed by atoms with E-state index in [9.17, 15) is 23.1 Å². The predicted molar refractivity (Wildman–Crippen MR) is 76.1 cm³/mol. The molecule has 0 aliphatic rings. The Morgan fingerprint density at radius 3 is 2.61 bits per heavy atom. The molecule has 23 heavy (non-hydrogen) atoms. The van der Waals surface area contributed by atoms with Crippen molar-refractivity contribution >= 4 is 5.91 Å². The van der Waals surface area contributed by atoms with Crippen LogP contribution in [0.15, 0.2) is 36.7 Å². The van der Waals surface area contributed by atoms with E-state index in [2.05, 4.69) is 4.98 Å². The third kappa shape index (κ3) is 3.70. The van der Waals surface area contributed by atoms with Crippen LogP contribution >= 0.6 is 0 Å². The summed E-state index contributed by atoms with van der Waals surface area (Å²) in [4.78, 5) is 17.4. The van der Waals surface area contributed by atoms with Crippen LogP contribution < -0.4 is 0 Å². The van der Waals surface area contributed by atoms with E-state index in [-0.39, 0.29) is 6.54 Å². The Hall–Kier alpha value is -2.35. The first-order valence-electron chi connectivity index (χ1n) is 6.77. The molecule has 1 heterocycles. The van der Waals surface area contributed by atoms with Gasteiger partial charge in [0.05, 0.1) is 12.1 Å². The van der Waals surface area contributed by atoms with Crippen molar-refractivity contribution < 1.29 is 23.1 Å². The molecule has 1 aromatic carbocycles. The molecule has 2 aromatic rings. The lowest BCUT2D eigenvalue weighted by Crippen LogP contribution is -2.33. The van der Waals surface area contributed by atoms with Gasteiger partial charge in [-0.2, -0.15) is 13.2 Å². The summed E-state index contributed by atoms with van der Waals surface area (Å²) >= 11 is 0. The van der Waals surface area contributed by atoms with E-state index in [0.29, 0.717) is 5.82 Å². The molecule has 0 saturated heterocycles. The molecule has 0 fully saturated rings. The Kier molecular flexibility index (Phi) is 4.74. The minimum absolute atomic E-state index is 0.0770. The van der Waals surface area contributed by atoms with Crippen LogP contribution in [0.1, 0.15) is 23.1 Å². The maximum absolute atomic E-state index is 13.0. The lowest BCUT2D eigenvalue weighted by atomic mass is 10.0. The number of aromatic nitrogens is 2. The van der Waals surface area contributed by atoms with Crippen LogP contribution in [0, 0.1) is 0 Å². The SMILES string of the molecule is CN(Cc1nccn1C)C(=O)C(O)c1ccccc1C(F)(F)F. The van der Waals surface area contributed by atoms with Gasteiger partial charge in [0.2, 0.25) is 0 Å². The first-order chi connectivity index (χ1) is 10.7. The van der Waals surface area contributed by atoms with Crippen molar-refractivity contribution in [2.75, 3.05) is 7.05 Å². The first kappa shape index (κ1) is 17.0. The smallest absolute Gasteiger partial charge is 0.378 e. The van der Waals surface area contributed by atoms with Gasteiger partial charge in [-0.15, -0.1) is 0 Å². The van der Waals surface area contributed by atoms with E-state index < -0.39 is 29.3 Å². The second kappa shape index (κ2) is 6.41. The molecular formula is C15H16F3N3O2. The third-order valence-electron chi connectivity index (χ3n) is 3.47. The van der Waals surface area contributed by atoms with E-state index in [1.165, 1.54) is 19.2 Å². The van der Waals surface area contributed by atoms with Crippen molar-refractivity contribution in [3.63, 3.8) is 0 Å². The number of alkyl halides is 3. The number of likely N-dealkylation sites (N-methyl/N-ethyl adjacent to an activating group) is 1. The van der Waals surface area contributed by atoms with Gasteiger partial charge in [0.1, 0.15) is 5.82 Å². The molecule has 0 spiro atoms. The number of aliphatic hydroxyl groups excluding tert-OH is 1. The third-order valence-corrected chi connectivity index (χ3v) is 3.47. The quantitative estimate of drug-likeness (QED) is 0.936. The lowest BCUT2D eigenvalue weighted by Gasteiger charge is -2.22. The summed E-state index contributed by atoms with van der Waals surface area (Å²) < 4.78 is 40.6. The normalized spacial score (nSPS) is 13.0. The molecule has 1 atom stereocenters. The van der Waals surface area contributed by atoms with Crippen LogP contribution in [0.5, 0.6) is 0 Å². The van der Waals surface area contributed by atoms with Gasteiger partial charge < -0.3 is 14.6 Å². The zero-order valence-corrected chi connectivity index (χ0v) is 12.6. The Bertz CT molecular complexity index is 697. The molecule has 124 valence electrons. The molecule has 2 rings (SSSR count). The topological polar surface area (TPSA) is 58.4 Å². The number of halogens is 3. The van der Waals surface area contributed by atoms with E-state index in [0.717, 1.165) is 17.0 Å². The van der Waals surface area contributed by atoms with Crippen LogP contribution in [0.25, 0.3) is 0 Å². The van der Waals surface area contributed by atoms with Crippen molar-refractivity contribution in [1.82, 2.24) is 14.5 Å². The van der Waals surface area contributed by atoms with E-state index >= 15 is 0 Å². The summed E-state index contributed by atoms with van der Waals surface area (Å²) in [6.45, 7) is 0.0770. The summed E-state index contributed by atoms with van der Waals surface area (Å²) in [7, 11) is 3.13. The molecule has 0 aliphatic carbocycles. The average molecular weight is 327 g/mol. The van der Waals surface area contributed by atoms with Crippen molar-refractivity contribution in [2.45, 2.75) is 18.8 Å². The summed E-state index contributed by atoms with van der Waals surface area (Å²) in [6, 6.07) is 4.49. The van der Waals surface area contributed by atoms with Crippen molar-refractivity contribution in [3.8, 4) is 0 Å². The van der Waals surface area contributed by atoms with Crippen molar-refractivity contribution in [1.29, 1.82) is 0 Å². The summed E-state index contributed by atoms with van der Waals surface area (Å²) in [5.41, 5.74) is -1.48. The Morgan fingerprint density at radius 1 is 1.39 bits per heavy atom. The minimum Gasteiger partial charge on any atom is -0.378 e. The molecule has 1 unspecified atom stereocenters. The van der Waals surface area contributed by atoms with Crippen LogP contribution in [0.2, 0.25) is 0 Å². The fraction of sp³-hybridized carbons (Fsp3) is 0.333. The number of benzene rings is 1. The lowest BCUT2D eigenvalue weighted by molar-refractivity contribution is -0.144. The maximum Gasteiger partial charge on any atom is 0.416 e. The molecule has 1 aromatic heterocycles. The second-order valence-corrected chi connectivity index (χ2v) is 5.14. The molecule has 8 heteroatoms. The number of hydrogen-bond donors (Lipinski definition) is 1. The van der Waals surface area contributed by atoms with Gasteiger partial charge in [0.15, 0.2) is 6.10 Å². The maximum atomic E-state index is 13.0. The number of hydrogen-bond acceptors (Lipinski definition) is 3. The van der Waals surface area contributed by atoms with Gasteiger partial charge in [-0.25, -0.2) is 4.98 Å². The van der Waals surface area contributed by atoms with Gasteiger partial charge >= 0.3 is 6.18 Å². The van der Waals surface area contributed by atoms with Gasteiger partial charge in [0, 0.05) is 32.1 Å². The number of amides is 1. The Morgan fingerprint density at radius 2 is 2.04 bits per heavy atom. The molecule has 0 saturated carbocycles. The zero-order chi connectivity index (χ0) is 17.2. The van der Waals surface area contributed by atoms with Crippen LogP contribution in [-0.2, 0) is 24.6 Å². The van der Waals surface area contributed by atoms with Gasteiger partial charge in [-0.3, -0.25) is 4.79 Å². The van der Waals surface area contributed by atoms with Crippen molar-refractivity contribution in [2.24, 2.45) is 7.05 Å². The van der Waals surface area contributed by atoms with Crippen LogP contribution in [0.4, 0.5) is 13.2 Å². The van der Waals surface area contributed by atoms with E-state index in [1.807, 2.05) is 0 Å². The van der Waals surface area contributed by atoms with Crippen molar-refractivity contribution in [3.05, 3.63) is 53.6 Å². The summed E-state index contributed by atoms with van der Waals surface area (Å²) in [5, 5.41) is 10.1. The first-order valence-corrected chi connectivity index (χ1v) is 6.77.